The van der Waals surface area contributed by atoms with Crippen molar-refractivity contribution in [1.29, 1.82) is 0 Å². The fourth-order valence-electron chi connectivity index (χ4n) is 2.55. The lowest BCUT2D eigenvalue weighted by molar-refractivity contribution is -0.361. The zero-order chi connectivity index (χ0) is 17.3. The summed E-state index contributed by atoms with van der Waals surface area (Å²) in [4.78, 5) is 0. The van der Waals surface area contributed by atoms with E-state index in [0.29, 0.717) is 0 Å². The Bertz CT molecular complexity index is 380. The number of aliphatic hydroxyl groups is 8. The largest absolute Gasteiger partial charge is 0.394 e. The Hall–Kier alpha value is -0.440. The molecule has 0 radical (unpaired) electrons. The van der Waals surface area contributed by atoms with Crippen LogP contribution in [0.4, 0.5) is 0 Å². The molecule has 0 aromatic rings. The summed E-state index contributed by atoms with van der Waals surface area (Å²) in [5.74, 6) is 0. The van der Waals surface area contributed by atoms with Crippen LogP contribution in [0.5, 0.6) is 0 Å². The summed E-state index contributed by atoms with van der Waals surface area (Å²) in [5, 5.41) is 76.7. The molecular weight excluding hydrogens is 320 g/mol. The highest BCUT2D eigenvalue weighted by Crippen LogP contribution is 2.28. The normalized spacial score (nSPS) is 51.7. The summed E-state index contributed by atoms with van der Waals surface area (Å²) in [5.41, 5.74) is 0. The van der Waals surface area contributed by atoms with Gasteiger partial charge < -0.3 is 55.1 Å². The Labute approximate surface area is 130 Å². The van der Waals surface area contributed by atoms with Gasteiger partial charge in [0.15, 0.2) is 12.6 Å². The molecule has 0 aliphatic carbocycles. The average Bonchev–Trinajstić information content (AvgIpc) is 2.54. The van der Waals surface area contributed by atoms with Gasteiger partial charge in [0.25, 0.3) is 0 Å². The van der Waals surface area contributed by atoms with Crippen molar-refractivity contribution in [2.45, 2.75) is 61.4 Å². The molecule has 8 N–H and O–H groups in total. The molecule has 0 bridgehead atoms. The smallest absolute Gasteiger partial charge is 0.187 e. The van der Waals surface area contributed by atoms with Gasteiger partial charge in [0, 0.05) is 0 Å². The summed E-state index contributed by atoms with van der Waals surface area (Å²) in [7, 11) is 0. The Kier molecular flexibility index (Phi) is 6.27. The highest BCUT2D eigenvalue weighted by atomic mass is 16.7. The van der Waals surface area contributed by atoms with Crippen molar-refractivity contribution >= 4 is 0 Å². The van der Waals surface area contributed by atoms with Crippen LogP contribution in [0.3, 0.4) is 0 Å². The number of aliphatic hydroxyl groups excluding tert-OH is 8. The van der Waals surface area contributed by atoms with E-state index in [-0.39, 0.29) is 0 Å². The van der Waals surface area contributed by atoms with E-state index < -0.39 is 74.6 Å². The Balaban J connectivity index is 2.08. The summed E-state index contributed by atoms with van der Waals surface area (Å²) < 4.78 is 15.1. The number of ether oxygens (including phenoxy) is 3. The van der Waals surface area contributed by atoms with Crippen molar-refractivity contribution in [1.82, 2.24) is 0 Å². The van der Waals surface area contributed by atoms with Crippen LogP contribution in [0.2, 0.25) is 0 Å². The van der Waals surface area contributed by atoms with Crippen LogP contribution in [-0.2, 0) is 14.2 Å². The van der Waals surface area contributed by atoms with Gasteiger partial charge in [-0.05, 0) is 0 Å². The van der Waals surface area contributed by atoms with E-state index in [4.69, 9.17) is 24.4 Å². The quantitative estimate of drug-likeness (QED) is 0.243. The van der Waals surface area contributed by atoms with Gasteiger partial charge in [-0.2, -0.15) is 0 Å². The van der Waals surface area contributed by atoms with Crippen LogP contribution in [-0.4, -0.2) is 115 Å². The van der Waals surface area contributed by atoms with Crippen molar-refractivity contribution < 1.29 is 55.1 Å². The second kappa shape index (κ2) is 7.63. The maximum absolute atomic E-state index is 9.94. The molecule has 2 fully saturated rings. The fraction of sp³-hybridized carbons (Fsp3) is 1.00. The fourth-order valence-corrected chi connectivity index (χ4v) is 2.55. The van der Waals surface area contributed by atoms with Crippen LogP contribution >= 0.6 is 0 Å². The molecule has 2 saturated heterocycles. The van der Waals surface area contributed by atoms with Gasteiger partial charge in [-0.15, -0.1) is 0 Å². The Morgan fingerprint density at radius 2 is 1.17 bits per heavy atom. The third kappa shape index (κ3) is 3.65. The molecule has 11 nitrogen and oxygen atoms in total. The van der Waals surface area contributed by atoms with Gasteiger partial charge in [0.1, 0.15) is 48.8 Å². The Morgan fingerprint density at radius 1 is 0.652 bits per heavy atom. The van der Waals surface area contributed by atoms with E-state index in [2.05, 4.69) is 0 Å². The van der Waals surface area contributed by atoms with E-state index in [0.717, 1.165) is 0 Å². The van der Waals surface area contributed by atoms with Crippen molar-refractivity contribution in [3.05, 3.63) is 0 Å². The molecule has 2 heterocycles. The molecular formula is C12H22O11. The van der Waals surface area contributed by atoms with Gasteiger partial charge in [0.2, 0.25) is 0 Å². The SMILES string of the molecule is OC[C@@H]1O[C@H](O)[C@@H](O[C@@H]2O[C@H](CO)[C@H](O)[C@H](O)[C@@H]2O)[C@H](O)[C@H]1O. The zero-order valence-corrected chi connectivity index (χ0v) is 12.0. The summed E-state index contributed by atoms with van der Waals surface area (Å²) in [6.07, 6.45) is -15.6. The summed E-state index contributed by atoms with van der Waals surface area (Å²) in [6.45, 7) is -1.33. The van der Waals surface area contributed by atoms with Gasteiger partial charge in [-0.3, -0.25) is 0 Å². The zero-order valence-electron chi connectivity index (χ0n) is 12.0. The van der Waals surface area contributed by atoms with Crippen LogP contribution in [0.15, 0.2) is 0 Å². The van der Waals surface area contributed by atoms with Crippen LogP contribution in [0.1, 0.15) is 0 Å². The van der Waals surface area contributed by atoms with Crippen molar-refractivity contribution in [2.75, 3.05) is 13.2 Å². The predicted octanol–water partition coefficient (Wildman–Crippen LogP) is -5.40. The predicted molar refractivity (Wildman–Crippen MR) is 68.6 cm³/mol. The topological polar surface area (TPSA) is 190 Å². The molecule has 2 aliphatic heterocycles. The highest BCUT2D eigenvalue weighted by molar-refractivity contribution is 4.93. The third-order valence-corrected chi connectivity index (χ3v) is 3.98. The molecule has 23 heavy (non-hydrogen) atoms. The average molecular weight is 342 g/mol. The maximum Gasteiger partial charge on any atom is 0.187 e. The highest BCUT2D eigenvalue weighted by Gasteiger charge is 2.50. The van der Waals surface area contributed by atoms with Crippen LogP contribution in [0.25, 0.3) is 0 Å². The molecule has 0 unspecified atom stereocenters. The molecule has 0 aromatic heterocycles. The van der Waals surface area contributed by atoms with Gasteiger partial charge >= 0.3 is 0 Å². The molecule has 0 aromatic carbocycles. The minimum absolute atomic E-state index is 0.651. The van der Waals surface area contributed by atoms with Crippen molar-refractivity contribution in [3.63, 3.8) is 0 Å². The third-order valence-electron chi connectivity index (χ3n) is 3.98. The molecule has 0 saturated carbocycles. The second-order valence-corrected chi connectivity index (χ2v) is 5.53. The van der Waals surface area contributed by atoms with E-state index >= 15 is 0 Å². The van der Waals surface area contributed by atoms with Crippen molar-refractivity contribution in [3.8, 4) is 0 Å². The summed E-state index contributed by atoms with van der Waals surface area (Å²) in [6, 6.07) is 0. The lowest BCUT2D eigenvalue weighted by Gasteiger charge is -2.44. The monoisotopic (exact) mass is 342 g/mol. The van der Waals surface area contributed by atoms with Gasteiger partial charge in [0.05, 0.1) is 13.2 Å². The van der Waals surface area contributed by atoms with E-state index in [9.17, 15) is 30.6 Å². The first-order valence-electron chi connectivity index (χ1n) is 7.08. The first-order chi connectivity index (χ1) is 10.8. The lowest BCUT2D eigenvalue weighted by Crippen LogP contribution is -2.64. The number of rotatable bonds is 4. The van der Waals surface area contributed by atoms with E-state index in [1.165, 1.54) is 0 Å². The second-order valence-electron chi connectivity index (χ2n) is 5.53. The molecule has 0 spiro atoms. The maximum atomic E-state index is 9.94. The standard InChI is InChI=1S/C12H22O11/c13-1-3-6(16)8(18)10(11(20)21-3)23-12-9(19)7(17)5(15)4(2-14)22-12/h3-20H,1-2H2/t3-,4+,5-,6-,7-,8+,9-,10-,11-,12-/m0/s1. The molecule has 2 aliphatic rings. The molecule has 11 heteroatoms. The van der Waals surface area contributed by atoms with E-state index in [1.54, 1.807) is 0 Å². The molecule has 0 amide bonds. The van der Waals surface area contributed by atoms with Crippen molar-refractivity contribution in [2.24, 2.45) is 0 Å². The molecule has 136 valence electrons. The van der Waals surface area contributed by atoms with Gasteiger partial charge in [-0.1, -0.05) is 0 Å². The minimum atomic E-state index is -1.75. The summed E-state index contributed by atoms with van der Waals surface area (Å²) >= 11 is 0. The van der Waals surface area contributed by atoms with E-state index in [1.807, 2.05) is 0 Å². The van der Waals surface area contributed by atoms with Gasteiger partial charge in [-0.25, -0.2) is 0 Å². The lowest BCUT2D eigenvalue weighted by atomic mass is 9.97. The number of hydrogen-bond donors (Lipinski definition) is 8. The van der Waals surface area contributed by atoms with Crippen LogP contribution < -0.4 is 0 Å². The number of hydrogen-bond acceptors (Lipinski definition) is 11. The molecule has 10 atom stereocenters. The Morgan fingerprint density at radius 3 is 1.74 bits per heavy atom. The molecule has 2 rings (SSSR count). The van der Waals surface area contributed by atoms with Crippen LogP contribution in [0, 0.1) is 0 Å². The first kappa shape index (κ1) is 18.9. The first-order valence-corrected chi connectivity index (χ1v) is 7.08. The minimum Gasteiger partial charge on any atom is -0.394 e.